The van der Waals surface area contributed by atoms with Crippen LogP contribution in [0.25, 0.3) is 10.3 Å². The first-order valence-corrected chi connectivity index (χ1v) is 5.50. The molecule has 0 fully saturated rings. The van der Waals surface area contributed by atoms with Crippen molar-refractivity contribution in [2.45, 2.75) is 6.92 Å². The lowest BCUT2D eigenvalue weighted by Crippen LogP contribution is -2.03. The normalized spacial score (nSPS) is 10.5. The van der Waals surface area contributed by atoms with Gasteiger partial charge in [0, 0.05) is 0 Å². The van der Waals surface area contributed by atoms with E-state index in [-0.39, 0.29) is 0 Å². The molecule has 15 heavy (non-hydrogen) atoms. The number of rotatable bonds is 2. The van der Waals surface area contributed by atoms with E-state index < -0.39 is 5.97 Å². The zero-order chi connectivity index (χ0) is 10.8. The number of thiazole rings is 1. The summed E-state index contributed by atoms with van der Waals surface area (Å²) in [6.07, 6.45) is 0. The molecule has 0 aliphatic heterocycles. The number of carbonyl (C=O) groups excluding carboxylic acids is 1. The van der Waals surface area contributed by atoms with E-state index >= 15 is 0 Å². The van der Waals surface area contributed by atoms with Crippen molar-refractivity contribution in [3.8, 4) is 0 Å². The number of fused-ring (bicyclic) bond motifs is 1. The van der Waals surface area contributed by atoms with Gasteiger partial charge in [-0.05, 0) is 19.1 Å². The Kier molecular flexibility index (Phi) is 2.83. The summed E-state index contributed by atoms with van der Waals surface area (Å²) in [7, 11) is 0. The molecule has 0 amide bonds. The van der Waals surface area contributed by atoms with Gasteiger partial charge in [-0.3, -0.25) is 0 Å². The van der Waals surface area contributed by atoms with Crippen LogP contribution >= 0.6 is 22.9 Å². The smallest absolute Gasteiger partial charge is 0.367 e. The number of hydrogen-bond donors (Lipinski definition) is 0. The van der Waals surface area contributed by atoms with Crippen molar-refractivity contribution in [3.63, 3.8) is 0 Å². The van der Waals surface area contributed by atoms with Gasteiger partial charge in [-0.1, -0.05) is 22.9 Å². The molecule has 0 atom stereocenters. The van der Waals surface area contributed by atoms with Crippen LogP contribution in [0, 0.1) is 0 Å². The topological polar surface area (TPSA) is 52.1 Å². The van der Waals surface area contributed by atoms with Crippen molar-refractivity contribution in [2.24, 2.45) is 0 Å². The lowest BCUT2D eigenvalue weighted by molar-refractivity contribution is 0.0526. The summed E-state index contributed by atoms with van der Waals surface area (Å²) in [5, 5.41) is 0.697. The van der Waals surface area contributed by atoms with Crippen molar-refractivity contribution in [3.05, 3.63) is 22.3 Å². The highest BCUT2D eigenvalue weighted by Crippen LogP contribution is 2.22. The van der Waals surface area contributed by atoms with Gasteiger partial charge in [0.2, 0.25) is 5.01 Å². The Morgan fingerprint density at radius 3 is 3.07 bits per heavy atom. The first kappa shape index (κ1) is 10.3. The molecule has 0 saturated heterocycles. The highest BCUT2D eigenvalue weighted by Gasteiger charge is 2.13. The minimum atomic E-state index is -0.420. The van der Waals surface area contributed by atoms with Crippen LogP contribution in [0.5, 0.6) is 0 Å². The van der Waals surface area contributed by atoms with Gasteiger partial charge < -0.3 is 4.74 Å². The SMILES string of the molecule is CCOC(=O)c1nc2ccc(Cl)nc2s1. The number of hydrogen-bond acceptors (Lipinski definition) is 5. The molecule has 0 saturated carbocycles. The van der Waals surface area contributed by atoms with E-state index in [4.69, 9.17) is 16.3 Å². The molecule has 0 unspecified atom stereocenters. The number of esters is 1. The van der Waals surface area contributed by atoms with Gasteiger partial charge >= 0.3 is 5.97 Å². The molecule has 4 nitrogen and oxygen atoms in total. The highest BCUT2D eigenvalue weighted by molar-refractivity contribution is 7.19. The molecule has 0 bridgehead atoms. The van der Waals surface area contributed by atoms with E-state index in [1.807, 2.05) is 0 Å². The molecular weight excluding hydrogens is 236 g/mol. The lowest BCUT2D eigenvalue weighted by Gasteiger charge is -1.94. The molecule has 2 rings (SSSR count). The molecular formula is C9H7ClN2O2S. The first-order chi connectivity index (χ1) is 7.20. The summed E-state index contributed by atoms with van der Waals surface area (Å²) in [5.74, 6) is -0.420. The Hall–Kier alpha value is -1.20. The van der Waals surface area contributed by atoms with Gasteiger partial charge in [-0.25, -0.2) is 14.8 Å². The maximum atomic E-state index is 11.4. The van der Waals surface area contributed by atoms with Crippen LogP contribution in [0.2, 0.25) is 5.15 Å². The zero-order valence-corrected chi connectivity index (χ0v) is 9.43. The van der Waals surface area contributed by atoms with Crippen molar-refractivity contribution in [1.82, 2.24) is 9.97 Å². The fourth-order valence-electron chi connectivity index (χ4n) is 1.07. The highest BCUT2D eigenvalue weighted by atomic mass is 35.5. The molecule has 0 aliphatic rings. The average Bonchev–Trinajstić information content (AvgIpc) is 2.60. The van der Waals surface area contributed by atoms with Crippen LogP contribution in [0.15, 0.2) is 12.1 Å². The number of aromatic nitrogens is 2. The molecule has 0 N–H and O–H groups in total. The molecule has 0 aliphatic carbocycles. The van der Waals surface area contributed by atoms with Crippen LogP contribution in [-0.4, -0.2) is 22.5 Å². The summed E-state index contributed by atoms with van der Waals surface area (Å²) in [4.78, 5) is 20.2. The third kappa shape index (κ3) is 2.08. The summed E-state index contributed by atoms with van der Waals surface area (Å²) in [6, 6.07) is 3.36. The minimum absolute atomic E-state index is 0.307. The van der Waals surface area contributed by atoms with Crippen LogP contribution in [0.4, 0.5) is 0 Å². The van der Waals surface area contributed by atoms with Crippen LogP contribution in [-0.2, 0) is 4.74 Å². The Balaban J connectivity index is 2.42. The second-order valence-corrected chi connectivity index (χ2v) is 4.06. The maximum absolute atomic E-state index is 11.4. The third-order valence-electron chi connectivity index (χ3n) is 1.67. The number of pyridine rings is 1. The molecule has 6 heteroatoms. The second kappa shape index (κ2) is 4.12. The fourth-order valence-corrected chi connectivity index (χ4v) is 2.10. The van der Waals surface area contributed by atoms with E-state index in [1.165, 1.54) is 11.3 Å². The van der Waals surface area contributed by atoms with Crippen LogP contribution < -0.4 is 0 Å². The van der Waals surface area contributed by atoms with Gasteiger partial charge in [0.05, 0.1) is 6.61 Å². The number of halogens is 1. The van der Waals surface area contributed by atoms with Crippen LogP contribution in [0.3, 0.4) is 0 Å². The molecule has 0 radical (unpaired) electrons. The van der Waals surface area contributed by atoms with Gasteiger partial charge in [0.25, 0.3) is 0 Å². The average molecular weight is 243 g/mol. The molecule has 2 aromatic heterocycles. The molecule has 0 spiro atoms. The summed E-state index contributed by atoms with van der Waals surface area (Å²) in [6.45, 7) is 2.09. The van der Waals surface area contributed by atoms with Crippen molar-refractivity contribution in [2.75, 3.05) is 6.61 Å². The van der Waals surface area contributed by atoms with Gasteiger partial charge in [0.15, 0.2) is 0 Å². The predicted octanol–water partition coefficient (Wildman–Crippen LogP) is 2.52. The van der Waals surface area contributed by atoms with E-state index in [1.54, 1.807) is 19.1 Å². The summed E-state index contributed by atoms with van der Waals surface area (Å²) in [5.41, 5.74) is 0.660. The van der Waals surface area contributed by atoms with E-state index in [9.17, 15) is 4.79 Å². The van der Waals surface area contributed by atoms with E-state index in [0.717, 1.165) is 0 Å². The maximum Gasteiger partial charge on any atom is 0.367 e. The zero-order valence-electron chi connectivity index (χ0n) is 7.86. The Morgan fingerprint density at radius 2 is 2.33 bits per heavy atom. The van der Waals surface area contributed by atoms with E-state index in [0.29, 0.717) is 27.1 Å². The van der Waals surface area contributed by atoms with E-state index in [2.05, 4.69) is 9.97 Å². The molecule has 78 valence electrons. The molecule has 0 aromatic carbocycles. The first-order valence-electron chi connectivity index (χ1n) is 4.31. The Morgan fingerprint density at radius 1 is 1.53 bits per heavy atom. The monoisotopic (exact) mass is 242 g/mol. The largest absolute Gasteiger partial charge is 0.461 e. The Labute approximate surface area is 94.9 Å². The molecule has 2 heterocycles. The van der Waals surface area contributed by atoms with Crippen LogP contribution in [0.1, 0.15) is 16.7 Å². The standard InChI is InChI=1S/C9H7ClN2O2S/c1-2-14-9(13)8-11-5-3-4-6(10)12-7(5)15-8/h3-4H,2H2,1H3. The van der Waals surface area contributed by atoms with Crippen molar-refractivity contribution < 1.29 is 9.53 Å². The van der Waals surface area contributed by atoms with Gasteiger partial charge in [0.1, 0.15) is 15.5 Å². The summed E-state index contributed by atoms with van der Waals surface area (Å²) >= 11 is 6.90. The third-order valence-corrected chi connectivity index (χ3v) is 2.83. The lowest BCUT2D eigenvalue weighted by atomic mass is 10.4. The predicted molar refractivity (Wildman–Crippen MR) is 58.4 cm³/mol. The quantitative estimate of drug-likeness (QED) is 0.600. The van der Waals surface area contributed by atoms with Crippen molar-refractivity contribution >= 4 is 39.3 Å². The fraction of sp³-hybridized carbons (Fsp3) is 0.222. The van der Waals surface area contributed by atoms with Crippen molar-refractivity contribution in [1.29, 1.82) is 0 Å². The number of carbonyl (C=O) groups is 1. The second-order valence-electron chi connectivity index (χ2n) is 2.70. The molecule has 2 aromatic rings. The van der Waals surface area contributed by atoms with Gasteiger partial charge in [-0.2, -0.15) is 0 Å². The van der Waals surface area contributed by atoms with Gasteiger partial charge in [-0.15, -0.1) is 0 Å². The Bertz CT molecular complexity index is 512. The minimum Gasteiger partial charge on any atom is -0.461 e. The summed E-state index contributed by atoms with van der Waals surface area (Å²) < 4.78 is 4.84. The number of nitrogens with zero attached hydrogens (tertiary/aromatic N) is 2. The number of ether oxygens (including phenoxy) is 1.